The van der Waals surface area contributed by atoms with Crippen LogP contribution in [-0.4, -0.2) is 41.1 Å². The number of carbonyl (C=O) groups is 1. The fourth-order valence-corrected chi connectivity index (χ4v) is 3.20. The molecular formula is C18H25N5O. The minimum atomic E-state index is -0.00427. The highest BCUT2D eigenvalue weighted by Crippen LogP contribution is 2.31. The number of urea groups is 1. The van der Waals surface area contributed by atoms with Crippen molar-refractivity contribution in [1.29, 1.82) is 0 Å². The molecule has 1 aliphatic heterocycles. The van der Waals surface area contributed by atoms with Crippen molar-refractivity contribution in [2.24, 2.45) is 7.05 Å². The Morgan fingerprint density at radius 1 is 1.38 bits per heavy atom. The molecule has 0 spiro atoms. The Morgan fingerprint density at radius 2 is 2.21 bits per heavy atom. The number of rotatable bonds is 4. The number of hydrogen-bond donors (Lipinski definition) is 1. The zero-order chi connectivity index (χ0) is 17.1. The van der Waals surface area contributed by atoms with Crippen LogP contribution in [0.5, 0.6) is 0 Å². The lowest BCUT2D eigenvalue weighted by molar-refractivity contribution is 0.191. The van der Waals surface area contributed by atoms with Gasteiger partial charge in [0.1, 0.15) is 5.82 Å². The van der Waals surface area contributed by atoms with Crippen molar-refractivity contribution in [2.75, 3.05) is 25.5 Å². The van der Waals surface area contributed by atoms with Gasteiger partial charge in [0.25, 0.3) is 0 Å². The molecule has 1 aliphatic rings. The van der Waals surface area contributed by atoms with Crippen LogP contribution in [0.2, 0.25) is 0 Å². The number of pyridine rings is 1. The van der Waals surface area contributed by atoms with Gasteiger partial charge in [0.05, 0.1) is 6.04 Å². The molecule has 1 atom stereocenters. The fraction of sp³-hybridized carbons (Fsp3) is 0.444. The van der Waals surface area contributed by atoms with Crippen LogP contribution in [0.4, 0.5) is 10.6 Å². The fourth-order valence-electron chi connectivity index (χ4n) is 3.20. The average Bonchev–Trinajstić information content (AvgIpc) is 3.21. The second kappa shape index (κ2) is 6.95. The van der Waals surface area contributed by atoms with Gasteiger partial charge in [0.2, 0.25) is 0 Å². The largest absolute Gasteiger partial charge is 0.363 e. The topological polar surface area (TPSA) is 53.4 Å². The molecule has 0 aliphatic carbocycles. The van der Waals surface area contributed by atoms with Crippen molar-refractivity contribution in [3.8, 4) is 0 Å². The number of nitrogens with zero attached hydrogens (tertiary/aromatic N) is 4. The normalized spacial score (nSPS) is 17.1. The number of anilines is 1. The Balaban J connectivity index is 1.61. The Bertz CT molecular complexity index is 692. The Kier molecular flexibility index (Phi) is 4.74. The van der Waals surface area contributed by atoms with Gasteiger partial charge in [0.15, 0.2) is 0 Å². The molecule has 0 bridgehead atoms. The lowest BCUT2D eigenvalue weighted by Gasteiger charge is -2.25. The van der Waals surface area contributed by atoms with Crippen molar-refractivity contribution >= 4 is 11.8 Å². The molecule has 3 heterocycles. The quantitative estimate of drug-likeness (QED) is 0.939. The molecule has 128 valence electrons. The molecule has 0 unspecified atom stereocenters. The summed E-state index contributed by atoms with van der Waals surface area (Å²) in [5.41, 5.74) is 2.20. The zero-order valence-electron chi connectivity index (χ0n) is 14.6. The van der Waals surface area contributed by atoms with Crippen LogP contribution in [0.3, 0.4) is 0 Å². The van der Waals surface area contributed by atoms with Gasteiger partial charge in [-0.15, -0.1) is 0 Å². The minimum Gasteiger partial charge on any atom is -0.363 e. The molecule has 6 nitrogen and oxygen atoms in total. The smallest absolute Gasteiger partial charge is 0.318 e. The number of aromatic nitrogens is 2. The van der Waals surface area contributed by atoms with E-state index in [0.717, 1.165) is 30.8 Å². The van der Waals surface area contributed by atoms with Crippen molar-refractivity contribution in [2.45, 2.75) is 25.4 Å². The summed E-state index contributed by atoms with van der Waals surface area (Å²) >= 11 is 0. The first-order valence-electron chi connectivity index (χ1n) is 8.34. The van der Waals surface area contributed by atoms with Gasteiger partial charge in [-0.25, -0.2) is 9.78 Å². The van der Waals surface area contributed by atoms with Crippen LogP contribution >= 0.6 is 0 Å². The van der Waals surface area contributed by atoms with E-state index >= 15 is 0 Å². The number of nitrogens with one attached hydrogen (secondary N) is 1. The SMILES string of the molecule is CN(C)c1ccc(CNC(=O)N2CCC[C@H]2c2cccn2C)cn1. The number of amides is 2. The molecule has 1 N–H and O–H groups in total. The van der Waals surface area contributed by atoms with Gasteiger partial charge >= 0.3 is 6.03 Å². The van der Waals surface area contributed by atoms with E-state index in [1.54, 1.807) is 0 Å². The van der Waals surface area contributed by atoms with Gasteiger partial charge in [-0.3, -0.25) is 0 Å². The number of likely N-dealkylation sites (tertiary alicyclic amines) is 1. The summed E-state index contributed by atoms with van der Waals surface area (Å²) in [5, 5.41) is 3.03. The molecule has 0 radical (unpaired) electrons. The molecule has 1 saturated heterocycles. The molecular weight excluding hydrogens is 302 g/mol. The maximum atomic E-state index is 12.6. The lowest BCUT2D eigenvalue weighted by Crippen LogP contribution is -2.39. The molecule has 2 amide bonds. The first-order chi connectivity index (χ1) is 11.6. The first kappa shape index (κ1) is 16.4. The Hall–Kier alpha value is -2.50. The Labute approximate surface area is 143 Å². The van der Waals surface area contributed by atoms with Gasteiger partial charge in [-0.1, -0.05) is 6.07 Å². The number of hydrogen-bond acceptors (Lipinski definition) is 3. The lowest BCUT2D eigenvalue weighted by atomic mass is 10.1. The van der Waals surface area contributed by atoms with Crippen LogP contribution in [-0.2, 0) is 13.6 Å². The van der Waals surface area contributed by atoms with Gasteiger partial charge in [-0.2, -0.15) is 0 Å². The van der Waals surface area contributed by atoms with Crippen LogP contribution in [0.1, 0.15) is 30.1 Å². The van der Waals surface area contributed by atoms with Gasteiger partial charge in [0, 0.05) is 52.3 Å². The monoisotopic (exact) mass is 327 g/mol. The van der Waals surface area contributed by atoms with Crippen molar-refractivity contribution in [3.63, 3.8) is 0 Å². The average molecular weight is 327 g/mol. The molecule has 2 aromatic heterocycles. The summed E-state index contributed by atoms with van der Waals surface area (Å²) in [6, 6.07) is 8.25. The highest BCUT2D eigenvalue weighted by Gasteiger charge is 2.31. The van der Waals surface area contributed by atoms with Crippen LogP contribution in [0.25, 0.3) is 0 Å². The minimum absolute atomic E-state index is 0.00427. The molecule has 24 heavy (non-hydrogen) atoms. The van der Waals surface area contributed by atoms with Crippen molar-refractivity contribution < 1.29 is 4.79 Å². The molecule has 2 aromatic rings. The maximum absolute atomic E-state index is 12.6. The van der Waals surface area contributed by atoms with E-state index in [4.69, 9.17) is 0 Å². The summed E-state index contributed by atoms with van der Waals surface area (Å²) < 4.78 is 2.10. The third-order valence-electron chi connectivity index (χ3n) is 4.55. The number of carbonyl (C=O) groups excluding carboxylic acids is 1. The highest BCUT2D eigenvalue weighted by molar-refractivity contribution is 5.75. The third-order valence-corrected chi connectivity index (χ3v) is 4.55. The predicted octanol–water partition coefficient (Wildman–Crippen LogP) is 2.53. The second-order valence-electron chi connectivity index (χ2n) is 6.47. The van der Waals surface area contributed by atoms with E-state index in [0.29, 0.717) is 6.54 Å². The maximum Gasteiger partial charge on any atom is 0.318 e. The summed E-state index contributed by atoms with van der Waals surface area (Å²) in [4.78, 5) is 20.9. The van der Waals surface area contributed by atoms with E-state index in [1.807, 2.05) is 61.5 Å². The summed E-state index contributed by atoms with van der Waals surface area (Å²) in [7, 11) is 5.95. The molecule has 0 aromatic carbocycles. The Morgan fingerprint density at radius 3 is 2.83 bits per heavy atom. The number of aryl methyl sites for hydroxylation is 1. The van der Waals surface area contributed by atoms with E-state index in [2.05, 4.69) is 20.9 Å². The van der Waals surface area contributed by atoms with Crippen LogP contribution in [0, 0.1) is 0 Å². The second-order valence-corrected chi connectivity index (χ2v) is 6.47. The van der Waals surface area contributed by atoms with E-state index in [-0.39, 0.29) is 12.1 Å². The molecule has 6 heteroatoms. The van der Waals surface area contributed by atoms with Crippen LogP contribution in [0.15, 0.2) is 36.7 Å². The molecule has 1 fully saturated rings. The zero-order valence-corrected chi connectivity index (χ0v) is 14.6. The van der Waals surface area contributed by atoms with E-state index in [1.165, 1.54) is 5.69 Å². The predicted molar refractivity (Wildman–Crippen MR) is 94.9 cm³/mol. The summed E-state index contributed by atoms with van der Waals surface area (Å²) in [5.74, 6) is 0.911. The molecule has 0 saturated carbocycles. The van der Waals surface area contributed by atoms with E-state index in [9.17, 15) is 4.79 Å². The van der Waals surface area contributed by atoms with Crippen molar-refractivity contribution in [1.82, 2.24) is 19.8 Å². The molecule has 3 rings (SSSR count). The summed E-state index contributed by atoms with van der Waals surface area (Å²) in [6.45, 7) is 1.30. The van der Waals surface area contributed by atoms with Crippen LogP contribution < -0.4 is 10.2 Å². The van der Waals surface area contributed by atoms with Gasteiger partial charge < -0.3 is 19.7 Å². The van der Waals surface area contributed by atoms with E-state index < -0.39 is 0 Å². The summed E-state index contributed by atoms with van der Waals surface area (Å²) in [6.07, 6.45) is 5.91. The van der Waals surface area contributed by atoms with Gasteiger partial charge in [-0.05, 0) is 36.6 Å². The standard InChI is InChI=1S/C18H25N5O/c1-21(2)17-9-8-14(12-19-17)13-20-18(24)23-11-5-7-16(23)15-6-4-10-22(15)3/h4,6,8-10,12,16H,5,7,11,13H2,1-3H3,(H,20,24)/t16-/m0/s1. The third kappa shape index (κ3) is 3.37. The van der Waals surface area contributed by atoms with Crippen molar-refractivity contribution in [3.05, 3.63) is 47.9 Å². The first-order valence-corrected chi connectivity index (χ1v) is 8.34. The highest BCUT2D eigenvalue weighted by atomic mass is 16.2.